The third kappa shape index (κ3) is 3.94. The predicted octanol–water partition coefficient (Wildman–Crippen LogP) is 3.53. The molecule has 31 heavy (non-hydrogen) atoms. The number of nitrogens with zero attached hydrogens (tertiary/aromatic N) is 2. The second-order valence-electron chi connectivity index (χ2n) is 7.37. The number of pyridine rings is 1. The number of amides is 2. The average molecular weight is 417 g/mol. The van der Waals surface area contributed by atoms with E-state index in [1.807, 2.05) is 12.1 Å². The van der Waals surface area contributed by atoms with E-state index in [0.29, 0.717) is 35.7 Å². The van der Waals surface area contributed by atoms with Gasteiger partial charge in [-0.15, -0.1) is 0 Å². The monoisotopic (exact) mass is 417 g/mol. The number of carbonyl (C=O) groups is 2. The number of hydrogen-bond donors (Lipinski definition) is 1. The molecule has 0 radical (unpaired) electrons. The zero-order chi connectivity index (χ0) is 22.0. The van der Waals surface area contributed by atoms with Crippen LogP contribution in [0.4, 0.5) is 11.4 Å². The predicted molar refractivity (Wildman–Crippen MR) is 119 cm³/mol. The van der Waals surface area contributed by atoms with Crippen molar-refractivity contribution in [3.05, 3.63) is 82.3 Å². The lowest BCUT2D eigenvalue weighted by atomic mass is 10.1. The molecule has 2 aromatic carbocycles. The summed E-state index contributed by atoms with van der Waals surface area (Å²) in [5.74, 6) is 0.0986. The molecular weight excluding hydrogens is 394 g/mol. The summed E-state index contributed by atoms with van der Waals surface area (Å²) >= 11 is 0. The number of hydrogen-bond acceptors (Lipinski definition) is 4. The van der Waals surface area contributed by atoms with Gasteiger partial charge in [0.25, 0.3) is 11.5 Å². The summed E-state index contributed by atoms with van der Waals surface area (Å²) in [5, 5.41) is 2.80. The van der Waals surface area contributed by atoms with Crippen LogP contribution < -0.4 is 20.5 Å². The number of carbonyl (C=O) groups excluding carboxylic acids is 2. The molecule has 1 aromatic heterocycles. The first kappa shape index (κ1) is 20.4. The highest BCUT2D eigenvalue weighted by molar-refractivity contribution is 6.05. The van der Waals surface area contributed by atoms with Crippen molar-refractivity contribution in [2.24, 2.45) is 0 Å². The number of aryl methyl sites for hydroxylation is 1. The average Bonchev–Trinajstić information content (AvgIpc) is 3.20. The van der Waals surface area contributed by atoms with Crippen LogP contribution in [0.2, 0.25) is 0 Å². The fourth-order valence-corrected chi connectivity index (χ4v) is 3.79. The minimum atomic E-state index is -0.503. The lowest BCUT2D eigenvalue weighted by molar-refractivity contribution is -0.117. The summed E-state index contributed by atoms with van der Waals surface area (Å²) in [6.07, 6.45) is 2.98. The highest BCUT2D eigenvalue weighted by Crippen LogP contribution is 2.25. The Labute approximate surface area is 179 Å². The van der Waals surface area contributed by atoms with Gasteiger partial charge in [0.2, 0.25) is 5.91 Å². The Hall–Kier alpha value is -3.87. The van der Waals surface area contributed by atoms with E-state index >= 15 is 0 Å². The van der Waals surface area contributed by atoms with Crippen molar-refractivity contribution in [2.75, 3.05) is 23.9 Å². The number of ether oxygens (including phenoxy) is 1. The second kappa shape index (κ2) is 8.47. The van der Waals surface area contributed by atoms with E-state index in [2.05, 4.69) is 5.32 Å². The van der Waals surface area contributed by atoms with Crippen molar-refractivity contribution in [1.82, 2.24) is 4.57 Å². The molecule has 7 nitrogen and oxygen atoms in total. The third-order valence-electron chi connectivity index (χ3n) is 5.36. The Morgan fingerprint density at radius 2 is 1.87 bits per heavy atom. The molecule has 1 fully saturated rings. The Morgan fingerprint density at radius 3 is 2.61 bits per heavy atom. The number of nitrogens with one attached hydrogen (secondary N) is 1. The summed E-state index contributed by atoms with van der Waals surface area (Å²) in [6, 6.07) is 15.9. The van der Waals surface area contributed by atoms with Crippen molar-refractivity contribution in [2.45, 2.75) is 19.8 Å². The number of methoxy groups -OCH3 is 1. The van der Waals surface area contributed by atoms with Crippen LogP contribution in [0.15, 0.2) is 65.6 Å². The van der Waals surface area contributed by atoms with Gasteiger partial charge < -0.3 is 15.0 Å². The fourth-order valence-electron chi connectivity index (χ4n) is 3.79. The number of benzene rings is 2. The molecule has 3 aromatic rings. The van der Waals surface area contributed by atoms with Crippen LogP contribution in [0.5, 0.6) is 5.75 Å². The molecule has 0 aliphatic carbocycles. The van der Waals surface area contributed by atoms with Crippen molar-refractivity contribution in [3.8, 4) is 11.4 Å². The Balaban J connectivity index is 1.67. The van der Waals surface area contributed by atoms with Gasteiger partial charge in [-0.25, -0.2) is 0 Å². The minimum absolute atomic E-state index is 0.0519. The Bertz CT molecular complexity index is 1220. The fraction of sp³-hybridized carbons (Fsp3) is 0.208. The minimum Gasteiger partial charge on any atom is -0.495 e. The van der Waals surface area contributed by atoms with Crippen LogP contribution in [-0.4, -0.2) is 30.0 Å². The first-order chi connectivity index (χ1) is 15.0. The van der Waals surface area contributed by atoms with Gasteiger partial charge in [0.05, 0.1) is 12.8 Å². The molecule has 0 spiro atoms. The zero-order valence-electron chi connectivity index (χ0n) is 17.4. The van der Waals surface area contributed by atoms with E-state index in [0.717, 1.165) is 12.1 Å². The molecule has 0 bridgehead atoms. The van der Waals surface area contributed by atoms with Crippen molar-refractivity contribution in [3.63, 3.8) is 0 Å². The van der Waals surface area contributed by atoms with Crippen molar-refractivity contribution >= 4 is 23.2 Å². The maximum absolute atomic E-state index is 13.2. The van der Waals surface area contributed by atoms with E-state index < -0.39 is 11.5 Å². The first-order valence-corrected chi connectivity index (χ1v) is 10.1. The summed E-state index contributed by atoms with van der Waals surface area (Å²) in [6.45, 7) is 2.39. The molecule has 2 heterocycles. The maximum Gasteiger partial charge on any atom is 0.268 e. The molecule has 7 heteroatoms. The SMILES string of the molecule is COc1ccccc1-n1ccc(C)c(C(=O)Nc2cccc(N3CCCC3=O)c2)c1=O. The molecular formula is C24H23N3O4. The van der Waals surface area contributed by atoms with Crippen LogP contribution in [0, 0.1) is 6.92 Å². The van der Waals surface area contributed by atoms with Crippen LogP contribution in [-0.2, 0) is 4.79 Å². The topological polar surface area (TPSA) is 80.6 Å². The van der Waals surface area contributed by atoms with Gasteiger partial charge in [-0.2, -0.15) is 0 Å². The van der Waals surface area contributed by atoms with Gasteiger partial charge in [0.15, 0.2) is 0 Å². The molecule has 1 aliphatic heterocycles. The van der Waals surface area contributed by atoms with E-state index in [1.165, 1.54) is 11.7 Å². The summed E-state index contributed by atoms with van der Waals surface area (Å²) < 4.78 is 6.76. The van der Waals surface area contributed by atoms with Crippen LogP contribution in [0.1, 0.15) is 28.8 Å². The summed E-state index contributed by atoms with van der Waals surface area (Å²) in [4.78, 5) is 40.0. The van der Waals surface area contributed by atoms with Crippen molar-refractivity contribution < 1.29 is 14.3 Å². The van der Waals surface area contributed by atoms with Gasteiger partial charge >= 0.3 is 0 Å². The number of para-hydroxylation sites is 2. The highest BCUT2D eigenvalue weighted by Gasteiger charge is 2.22. The lowest BCUT2D eigenvalue weighted by Gasteiger charge is -2.17. The summed E-state index contributed by atoms with van der Waals surface area (Å²) in [7, 11) is 1.53. The van der Waals surface area contributed by atoms with E-state index in [4.69, 9.17) is 4.74 Å². The van der Waals surface area contributed by atoms with E-state index in [-0.39, 0.29) is 11.5 Å². The molecule has 0 atom stereocenters. The normalized spacial score (nSPS) is 13.4. The van der Waals surface area contributed by atoms with Gasteiger partial charge in [-0.3, -0.25) is 19.0 Å². The van der Waals surface area contributed by atoms with Crippen LogP contribution in [0.3, 0.4) is 0 Å². The van der Waals surface area contributed by atoms with E-state index in [1.54, 1.807) is 60.5 Å². The smallest absolute Gasteiger partial charge is 0.268 e. The van der Waals surface area contributed by atoms with Crippen LogP contribution >= 0.6 is 0 Å². The number of anilines is 2. The van der Waals surface area contributed by atoms with Gasteiger partial charge in [-0.1, -0.05) is 18.2 Å². The second-order valence-corrected chi connectivity index (χ2v) is 7.37. The summed E-state index contributed by atoms with van der Waals surface area (Å²) in [5.41, 5.74) is 1.99. The molecule has 4 rings (SSSR count). The molecule has 1 aliphatic rings. The standard InChI is InChI=1S/C24H23N3O4/c1-16-12-14-27(19-9-3-4-10-20(19)31-2)24(30)22(16)23(29)25-17-7-5-8-18(15-17)26-13-6-11-21(26)28/h3-5,7-10,12,14-15H,6,11,13H2,1-2H3,(H,25,29). The maximum atomic E-state index is 13.2. The van der Waals surface area contributed by atoms with Crippen LogP contribution in [0.25, 0.3) is 5.69 Å². The molecule has 1 N–H and O–H groups in total. The lowest BCUT2D eigenvalue weighted by Crippen LogP contribution is -2.29. The first-order valence-electron chi connectivity index (χ1n) is 10.1. The van der Waals surface area contributed by atoms with Crippen molar-refractivity contribution in [1.29, 1.82) is 0 Å². The molecule has 1 saturated heterocycles. The largest absolute Gasteiger partial charge is 0.495 e. The molecule has 0 saturated carbocycles. The third-order valence-corrected chi connectivity index (χ3v) is 5.36. The van der Waals surface area contributed by atoms with Gasteiger partial charge in [0, 0.05) is 30.5 Å². The van der Waals surface area contributed by atoms with E-state index in [9.17, 15) is 14.4 Å². The number of rotatable bonds is 5. The Kier molecular flexibility index (Phi) is 5.58. The molecule has 158 valence electrons. The van der Waals surface area contributed by atoms with Gasteiger partial charge in [-0.05, 0) is 55.3 Å². The molecule has 0 unspecified atom stereocenters. The Morgan fingerprint density at radius 1 is 1.06 bits per heavy atom. The highest BCUT2D eigenvalue weighted by atomic mass is 16.5. The van der Waals surface area contributed by atoms with Gasteiger partial charge in [0.1, 0.15) is 11.3 Å². The molecule has 2 amide bonds. The number of aromatic nitrogens is 1. The zero-order valence-corrected chi connectivity index (χ0v) is 17.4. The quantitative estimate of drug-likeness (QED) is 0.689.